The van der Waals surface area contributed by atoms with E-state index in [9.17, 15) is 13.2 Å². The topological polar surface area (TPSA) is 111 Å². The quantitative estimate of drug-likeness (QED) is 0.451. The van der Waals surface area contributed by atoms with Gasteiger partial charge >= 0.3 is 0 Å². The molecule has 2 N–H and O–H groups in total. The molecule has 1 aliphatic rings. The van der Waals surface area contributed by atoms with Crippen LogP contribution >= 0.6 is 35.0 Å². The highest BCUT2D eigenvalue weighted by Crippen LogP contribution is 2.32. The summed E-state index contributed by atoms with van der Waals surface area (Å²) in [5, 5.41) is 9.29. The van der Waals surface area contributed by atoms with Crippen molar-refractivity contribution in [2.45, 2.75) is 10.1 Å². The lowest BCUT2D eigenvalue weighted by Gasteiger charge is -2.14. The third-order valence-electron chi connectivity index (χ3n) is 4.27. The predicted molar refractivity (Wildman–Crippen MR) is 111 cm³/mol. The maximum absolute atomic E-state index is 12.6. The average Bonchev–Trinajstić information content (AvgIpc) is 3.15. The third kappa shape index (κ3) is 3.46. The van der Waals surface area contributed by atoms with Crippen LogP contribution in [0.1, 0.15) is 10.4 Å². The van der Waals surface area contributed by atoms with Gasteiger partial charge in [0.25, 0.3) is 15.9 Å². The first kappa shape index (κ1) is 20.0. The van der Waals surface area contributed by atoms with Crippen LogP contribution in [0.5, 0.6) is 0 Å². The minimum absolute atomic E-state index is 0.0230. The first-order valence-corrected chi connectivity index (χ1v) is 11.4. The summed E-state index contributed by atoms with van der Waals surface area (Å²) in [5.41, 5.74) is 0.700. The van der Waals surface area contributed by atoms with Crippen LogP contribution in [0.4, 0.5) is 0 Å². The normalized spacial score (nSPS) is 15.0. The van der Waals surface area contributed by atoms with Gasteiger partial charge in [0.1, 0.15) is 4.90 Å². The first-order valence-electron chi connectivity index (χ1n) is 8.25. The molecule has 1 aliphatic heterocycles. The number of aromatic nitrogens is 3. The molecule has 4 rings (SSSR count). The van der Waals surface area contributed by atoms with Crippen molar-refractivity contribution in [3.8, 4) is 11.4 Å². The predicted octanol–water partition coefficient (Wildman–Crippen LogP) is 2.90. The number of halogens is 2. The monoisotopic (exact) mass is 469 g/mol. The Morgan fingerprint density at radius 2 is 1.83 bits per heavy atom. The minimum Gasteiger partial charge on any atom is -0.335 e. The van der Waals surface area contributed by atoms with E-state index in [4.69, 9.17) is 29.0 Å². The molecule has 0 spiro atoms. The van der Waals surface area contributed by atoms with Gasteiger partial charge in [0, 0.05) is 22.9 Å². The van der Waals surface area contributed by atoms with Crippen molar-refractivity contribution in [2.75, 3.05) is 18.1 Å². The number of amides is 1. The largest absolute Gasteiger partial charge is 0.335 e. The second kappa shape index (κ2) is 7.52. The van der Waals surface area contributed by atoms with Gasteiger partial charge in [-0.15, -0.1) is 10.2 Å². The van der Waals surface area contributed by atoms with Gasteiger partial charge in [-0.2, -0.15) is 0 Å². The van der Waals surface area contributed by atoms with Crippen molar-refractivity contribution in [3.63, 3.8) is 0 Å². The molecule has 150 valence electrons. The van der Waals surface area contributed by atoms with Gasteiger partial charge in [0.15, 0.2) is 5.82 Å². The highest BCUT2D eigenvalue weighted by atomic mass is 35.5. The fourth-order valence-electron chi connectivity index (χ4n) is 2.90. The van der Waals surface area contributed by atoms with Crippen molar-refractivity contribution in [3.05, 3.63) is 58.1 Å². The Balaban J connectivity index is 1.50. The van der Waals surface area contributed by atoms with Gasteiger partial charge in [-0.1, -0.05) is 47.1 Å². The molecule has 0 unspecified atom stereocenters. The van der Waals surface area contributed by atoms with Gasteiger partial charge < -0.3 is 5.84 Å². The van der Waals surface area contributed by atoms with E-state index in [1.165, 1.54) is 28.6 Å². The number of rotatable bonds is 5. The van der Waals surface area contributed by atoms with Gasteiger partial charge in [-0.3, -0.25) is 4.79 Å². The molecule has 0 atom stereocenters. The van der Waals surface area contributed by atoms with Crippen LogP contribution in [0, 0.1) is 0 Å². The third-order valence-corrected chi connectivity index (χ3v) is 7.60. The van der Waals surface area contributed by atoms with Crippen molar-refractivity contribution in [1.29, 1.82) is 0 Å². The van der Waals surface area contributed by atoms with Gasteiger partial charge in [-0.05, 0) is 30.3 Å². The van der Waals surface area contributed by atoms with E-state index < -0.39 is 15.9 Å². The lowest BCUT2D eigenvalue weighted by atomic mass is 10.2. The van der Waals surface area contributed by atoms with Gasteiger partial charge in [0.05, 0.1) is 10.6 Å². The number of benzene rings is 2. The van der Waals surface area contributed by atoms with Crippen LogP contribution in [0.25, 0.3) is 11.4 Å². The van der Waals surface area contributed by atoms with Crippen molar-refractivity contribution in [2.24, 2.45) is 0 Å². The summed E-state index contributed by atoms with van der Waals surface area (Å²) in [4.78, 5) is 12.5. The fraction of sp³-hybridized carbons (Fsp3) is 0.118. The van der Waals surface area contributed by atoms with Gasteiger partial charge in [-0.25, -0.2) is 17.4 Å². The van der Waals surface area contributed by atoms with Crippen LogP contribution in [-0.2, 0) is 10.0 Å². The molecule has 2 heterocycles. The Hall–Kier alpha value is -2.27. The summed E-state index contributed by atoms with van der Waals surface area (Å²) in [6.07, 6.45) is 0. The van der Waals surface area contributed by atoms with Crippen LogP contribution in [0.3, 0.4) is 0 Å². The zero-order valence-electron chi connectivity index (χ0n) is 14.6. The molecule has 0 radical (unpaired) electrons. The number of nitrogen functional groups attached to an aromatic ring is 1. The maximum Gasteiger partial charge on any atom is 0.269 e. The number of thioether (sulfide) groups is 1. The van der Waals surface area contributed by atoms with E-state index in [0.717, 1.165) is 4.31 Å². The Labute approximate surface area is 180 Å². The summed E-state index contributed by atoms with van der Waals surface area (Å²) in [5.74, 6) is 6.09. The first-order chi connectivity index (χ1) is 13.8. The molecule has 12 heteroatoms. The molecule has 0 saturated carbocycles. The molecular weight excluding hydrogens is 457 g/mol. The number of nitrogens with two attached hydrogens (primary N) is 1. The number of sulfonamides is 1. The van der Waals surface area contributed by atoms with Crippen molar-refractivity contribution < 1.29 is 13.2 Å². The Morgan fingerprint density at radius 3 is 2.59 bits per heavy atom. The zero-order valence-corrected chi connectivity index (χ0v) is 17.8. The Morgan fingerprint density at radius 1 is 1.07 bits per heavy atom. The average molecular weight is 470 g/mol. The number of carbonyl (C=O) groups is 1. The molecule has 0 saturated heterocycles. The standard InChI is InChI=1S/C17H13Cl2N5O3S2/c18-10-5-6-13(19)12(9-10)15-21-22-17(24(15)20)28-8-7-23-16(25)11-3-1-2-4-14(11)29(23,26)27/h1-6,9H,7-8,20H2. The molecule has 1 aromatic heterocycles. The lowest BCUT2D eigenvalue weighted by molar-refractivity contribution is 0.0876. The van der Waals surface area contributed by atoms with Gasteiger partial charge in [0.2, 0.25) is 5.16 Å². The van der Waals surface area contributed by atoms with Crippen LogP contribution in [0.2, 0.25) is 10.0 Å². The highest BCUT2D eigenvalue weighted by molar-refractivity contribution is 7.99. The molecule has 1 amide bonds. The van der Waals surface area contributed by atoms with E-state index in [-0.39, 0.29) is 22.8 Å². The van der Waals surface area contributed by atoms with Crippen LogP contribution < -0.4 is 5.84 Å². The van der Waals surface area contributed by atoms with Crippen molar-refractivity contribution in [1.82, 2.24) is 19.2 Å². The van der Waals surface area contributed by atoms with E-state index in [2.05, 4.69) is 10.2 Å². The second-order valence-electron chi connectivity index (χ2n) is 6.03. The number of fused-ring (bicyclic) bond motifs is 1. The number of carbonyl (C=O) groups excluding carboxylic acids is 1. The van der Waals surface area contributed by atoms with E-state index in [1.807, 2.05) is 0 Å². The SMILES string of the molecule is Nn1c(SCCN2C(=O)c3ccccc3S2(=O)=O)nnc1-c1cc(Cl)ccc1Cl. The van der Waals surface area contributed by atoms with E-state index in [0.29, 0.717) is 26.6 Å². The van der Waals surface area contributed by atoms with Crippen LogP contribution in [0.15, 0.2) is 52.5 Å². The molecular formula is C17H13Cl2N5O3S2. The molecule has 0 bridgehead atoms. The summed E-state index contributed by atoms with van der Waals surface area (Å²) in [6.45, 7) is -0.0272. The molecule has 0 fully saturated rings. The number of hydrogen-bond acceptors (Lipinski definition) is 7. The molecule has 0 aliphatic carbocycles. The highest BCUT2D eigenvalue weighted by Gasteiger charge is 2.40. The second-order valence-corrected chi connectivity index (χ2v) is 9.76. The Kier molecular flexibility index (Phi) is 5.19. The maximum atomic E-state index is 12.6. The summed E-state index contributed by atoms with van der Waals surface area (Å²) in [7, 11) is -3.84. The molecule has 8 nitrogen and oxygen atoms in total. The number of nitrogens with zero attached hydrogens (tertiary/aromatic N) is 4. The lowest BCUT2D eigenvalue weighted by Crippen LogP contribution is -2.32. The zero-order chi connectivity index (χ0) is 20.8. The van der Waals surface area contributed by atoms with E-state index >= 15 is 0 Å². The van der Waals surface area contributed by atoms with E-state index in [1.54, 1.807) is 30.3 Å². The fourth-order valence-corrected chi connectivity index (χ4v) is 5.74. The van der Waals surface area contributed by atoms with Crippen LogP contribution in [-0.4, -0.2) is 45.8 Å². The smallest absolute Gasteiger partial charge is 0.269 e. The Bertz CT molecular complexity index is 1230. The molecule has 29 heavy (non-hydrogen) atoms. The summed E-state index contributed by atoms with van der Waals surface area (Å²) < 4.78 is 27.3. The summed E-state index contributed by atoms with van der Waals surface area (Å²) in [6, 6.07) is 11.0. The van der Waals surface area contributed by atoms with Crippen molar-refractivity contribution >= 4 is 50.9 Å². The summed E-state index contributed by atoms with van der Waals surface area (Å²) >= 11 is 13.4. The molecule has 3 aromatic rings. The minimum atomic E-state index is -3.84. The molecule has 2 aromatic carbocycles. The number of hydrogen-bond donors (Lipinski definition) is 1.